The number of hydrogen-bond acceptors (Lipinski definition) is 7. The Bertz CT molecular complexity index is 530. The summed E-state index contributed by atoms with van der Waals surface area (Å²) in [5.41, 5.74) is 6.75. The first-order valence-corrected chi connectivity index (χ1v) is 9.36. The van der Waals surface area contributed by atoms with Crippen molar-refractivity contribution in [2.75, 3.05) is 38.6 Å². The van der Waals surface area contributed by atoms with Gasteiger partial charge in [0.05, 0.1) is 13.2 Å². The number of nitrogens with two attached hydrogens (primary N) is 1. The fourth-order valence-corrected chi connectivity index (χ4v) is 2.30. The minimum Gasteiger partial charge on any atom is -0.465 e. The Kier molecular flexibility index (Phi) is 11.7. The summed E-state index contributed by atoms with van der Waals surface area (Å²) in [5, 5.41) is 5.72. The molecule has 26 heavy (non-hydrogen) atoms. The van der Waals surface area contributed by atoms with Crippen LogP contribution in [0.5, 0.6) is 0 Å². The van der Waals surface area contributed by atoms with Crippen LogP contribution >= 0.6 is 12.6 Å². The molecule has 0 spiro atoms. The van der Waals surface area contributed by atoms with Crippen LogP contribution < -0.4 is 16.4 Å². The molecule has 0 aliphatic heterocycles. The van der Waals surface area contributed by atoms with E-state index in [1.54, 1.807) is 6.92 Å². The number of esters is 1. The molecule has 8 heteroatoms. The smallest absolute Gasteiger partial charge is 0.325 e. The van der Waals surface area contributed by atoms with Gasteiger partial charge in [-0.25, -0.2) is 0 Å². The third kappa shape index (κ3) is 9.76. The molecule has 0 fully saturated rings. The molecular formula is C18H29N3O4S. The van der Waals surface area contributed by atoms with Gasteiger partial charge in [-0.1, -0.05) is 30.3 Å². The number of hydrogen-bond donors (Lipinski definition) is 4. The van der Waals surface area contributed by atoms with Crippen molar-refractivity contribution in [3.63, 3.8) is 0 Å². The predicted octanol–water partition coefficient (Wildman–Crippen LogP) is 0.140. The highest BCUT2D eigenvalue weighted by atomic mass is 32.1. The second-order valence-corrected chi connectivity index (χ2v) is 6.08. The molecule has 4 N–H and O–H groups in total. The molecule has 0 heterocycles. The fourth-order valence-electron chi connectivity index (χ4n) is 2.17. The van der Waals surface area contributed by atoms with Crippen LogP contribution in [0.25, 0.3) is 0 Å². The fraction of sp³-hybridized carbons (Fsp3) is 0.556. The number of amides is 1. The monoisotopic (exact) mass is 383 g/mol. The van der Waals surface area contributed by atoms with Gasteiger partial charge in [0.15, 0.2) is 0 Å². The van der Waals surface area contributed by atoms with Crippen molar-refractivity contribution in [1.82, 2.24) is 10.6 Å². The number of thiol groups is 1. The van der Waals surface area contributed by atoms with E-state index in [1.165, 1.54) is 0 Å². The average molecular weight is 384 g/mol. The third-order valence-electron chi connectivity index (χ3n) is 3.51. The highest BCUT2D eigenvalue weighted by molar-refractivity contribution is 7.80. The SMILES string of the molecule is CCOC(=O)CNC(=O)C(Cc1ccccc1)OCCNCC(N)CS. The quantitative estimate of drug-likeness (QED) is 0.220. The Morgan fingerprint density at radius 3 is 2.65 bits per heavy atom. The van der Waals surface area contributed by atoms with Crippen LogP contribution in [0.1, 0.15) is 12.5 Å². The third-order valence-corrected chi connectivity index (χ3v) is 3.98. The van der Waals surface area contributed by atoms with Crippen LogP contribution in [0.3, 0.4) is 0 Å². The molecule has 7 nitrogen and oxygen atoms in total. The van der Waals surface area contributed by atoms with Crippen LogP contribution in [0, 0.1) is 0 Å². The Labute approximate surface area is 160 Å². The zero-order chi connectivity index (χ0) is 19.2. The van der Waals surface area contributed by atoms with Gasteiger partial charge in [0, 0.05) is 31.3 Å². The minimum absolute atomic E-state index is 0.0219. The largest absolute Gasteiger partial charge is 0.465 e. The average Bonchev–Trinajstić information content (AvgIpc) is 2.65. The maximum Gasteiger partial charge on any atom is 0.325 e. The normalized spacial score (nSPS) is 13.0. The van der Waals surface area contributed by atoms with E-state index in [4.69, 9.17) is 15.2 Å². The Hall–Kier alpha value is -1.61. The standard InChI is InChI=1S/C18H29N3O4S/c1-2-24-17(22)12-21-18(23)16(10-14-6-4-3-5-7-14)25-9-8-20-11-15(19)13-26/h3-7,15-16,20,26H,2,8-13,19H2,1H3,(H,21,23). The Morgan fingerprint density at radius 1 is 1.27 bits per heavy atom. The van der Waals surface area contributed by atoms with Gasteiger partial charge in [-0.3, -0.25) is 9.59 Å². The van der Waals surface area contributed by atoms with Crippen molar-refractivity contribution in [2.24, 2.45) is 5.73 Å². The zero-order valence-electron chi connectivity index (χ0n) is 15.1. The van der Waals surface area contributed by atoms with E-state index in [0.717, 1.165) is 5.56 Å². The topological polar surface area (TPSA) is 103 Å². The van der Waals surface area contributed by atoms with E-state index in [-0.39, 0.29) is 25.1 Å². The van der Waals surface area contributed by atoms with E-state index in [2.05, 4.69) is 23.3 Å². The van der Waals surface area contributed by atoms with E-state index < -0.39 is 12.1 Å². The molecule has 0 aromatic heterocycles. The van der Waals surface area contributed by atoms with Crippen molar-refractivity contribution in [3.8, 4) is 0 Å². The summed E-state index contributed by atoms with van der Waals surface area (Å²) in [6, 6.07) is 9.56. The molecule has 0 aliphatic rings. The lowest BCUT2D eigenvalue weighted by atomic mass is 10.1. The van der Waals surface area contributed by atoms with E-state index >= 15 is 0 Å². The lowest BCUT2D eigenvalue weighted by molar-refractivity contribution is -0.145. The lowest BCUT2D eigenvalue weighted by Gasteiger charge is -2.18. The predicted molar refractivity (Wildman–Crippen MR) is 104 cm³/mol. The van der Waals surface area contributed by atoms with Crippen molar-refractivity contribution in [1.29, 1.82) is 0 Å². The first-order chi connectivity index (χ1) is 12.6. The van der Waals surface area contributed by atoms with Crippen LogP contribution in [0.2, 0.25) is 0 Å². The molecule has 1 aromatic carbocycles. The van der Waals surface area contributed by atoms with Gasteiger partial charge in [-0.2, -0.15) is 12.6 Å². The van der Waals surface area contributed by atoms with Gasteiger partial charge in [-0.15, -0.1) is 0 Å². The molecule has 1 rings (SSSR count). The second kappa shape index (κ2) is 13.6. The molecule has 146 valence electrons. The number of rotatable bonds is 13. The molecule has 0 radical (unpaired) electrons. The van der Waals surface area contributed by atoms with E-state index in [0.29, 0.717) is 31.9 Å². The molecule has 0 aliphatic carbocycles. The van der Waals surface area contributed by atoms with Gasteiger partial charge in [0.2, 0.25) is 5.91 Å². The van der Waals surface area contributed by atoms with Crippen molar-refractivity contribution in [3.05, 3.63) is 35.9 Å². The summed E-state index contributed by atoms with van der Waals surface area (Å²) in [7, 11) is 0. The zero-order valence-corrected chi connectivity index (χ0v) is 16.0. The number of nitrogens with one attached hydrogen (secondary N) is 2. The molecule has 1 amide bonds. The Morgan fingerprint density at radius 2 is 2.00 bits per heavy atom. The summed E-state index contributed by atoms with van der Waals surface area (Å²) in [5.74, 6) is -0.212. The molecule has 1 aromatic rings. The number of carbonyl (C=O) groups is 2. The van der Waals surface area contributed by atoms with E-state index in [1.807, 2.05) is 30.3 Å². The molecule has 2 unspecified atom stereocenters. The molecule has 0 saturated heterocycles. The van der Waals surface area contributed by atoms with Crippen LogP contribution in [-0.4, -0.2) is 62.6 Å². The summed E-state index contributed by atoms with van der Waals surface area (Å²) in [6.07, 6.45) is -0.266. The van der Waals surface area contributed by atoms with Gasteiger partial charge in [0.1, 0.15) is 12.6 Å². The summed E-state index contributed by atoms with van der Waals surface area (Å²) >= 11 is 4.12. The lowest BCUT2D eigenvalue weighted by Crippen LogP contribution is -2.42. The van der Waals surface area contributed by atoms with Gasteiger partial charge in [-0.05, 0) is 12.5 Å². The van der Waals surface area contributed by atoms with Gasteiger partial charge < -0.3 is 25.8 Å². The first kappa shape index (κ1) is 22.4. The second-order valence-electron chi connectivity index (χ2n) is 5.72. The number of ether oxygens (including phenoxy) is 2. The van der Waals surface area contributed by atoms with Crippen LogP contribution in [0.15, 0.2) is 30.3 Å². The minimum atomic E-state index is -0.688. The van der Waals surface area contributed by atoms with Crippen molar-refractivity contribution in [2.45, 2.75) is 25.5 Å². The van der Waals surface area contributed by atoms with Gasteiger partial charge >= 0.3 is 5.97 Å². The molecular weight excluding hydrogens is 354 g/mol. The molecule has 0 bridgehead atoms. The maximum absolute atomic E-state index is 12.4. The van der Waals surface area contributed by atoms with E-state index in [9.17, 15) is 9.59 Å². The number of benzene rings is 1. The van der Waals surface area contributed by atoms with Crippen molar-refractivity contribution >= 4 is 24.5 Å². The maximum atomic E-state index is 12.4. The highest BCUT2D eigenvalue weighted by Gasteiger charge is 2.20. The summed E-state index contributed by atoms with van der Waals surface area (Å²) < 4.78 is 10.5. The van der Waals surface area contributed by atoms with Crippen LogP contribution in [-0.2, 0) is 25.5 Å². The molecule has 0 saturated carbocycles. The van der Waals surface area contributed by atoms with Crippen molar-refractivity contribution < 1.29 is 19.1 Å². The van der Waals surface area contributed by atoms with Crippen LogP contribution in [0.4, 0.5) is 0 Å². The molecule has 2 atom stereocenters. The van der Waals surface area contributed by atoms with Gasteiger partial charge in [0.25, 0.3) is 0 Å². The number of carbonyl (C=O) groups excluding carboxylic acids is 2. The first-order valence-electron chi connectivity index (χ1n) is 8.72. The summed E-state index contributed by atoms with van der Waals surface area (Å²) in [6.45, 7) is 3.37. The highest BCUT2D eigenvalue weighted by Crippen LogP contribution is 2.06. The summed E-state index contributed by atoms with van der Waals surface area (Å²) in [4.78, 5) is 23.8. The Balaban J connectivity index is 2.49.